The molecule has 0 spiro atoms. The minimum atomic E-state index is -0.790. The van der Waals surface area contributed by atoms with Crippen LogP contribution in [0.1, 0.15) is 46.4 Å². The van der Waals surface area contributed by atoms with Crippen LogP contribution in [0.2, 0.25) is 0 Å². The van der Waals surface area contributed by atoms with Crippen molar-refractivity contribution >= 4 is 12.1 Å². The number of Topliss-reactive ketones (excluding diaryl/α,β-unsaturated/α-hetero) is 1. The standard InChI is InChI=1S/C29H26N2O2/c32-20-23(22-16-17-22)18-28(33)27-19-30-21-31(27)29(24-10-4-1-5-11-24,25-12-6-2-7-13-25)26-14-8-3-9-15-26/h1-15,19-23H,16-18H2/t23-/m1/s1. The maximum Gasteiger partial charge on any atom is 0.181 e. The Balaban J connectivity index is 1.74. The first-order chi connectivity index (χ1) is 16.2. The van der Waals surface area contributed by atoms with Crippen molar-refractivity contribution in [3.05, 3.63) is 126 Å². The smallest absolute Gasteiger partial charge is 0.181 e. The van der Waals surface area contributed by atoms with Gasteiger partial charge in [-0.2, -0.15) is 0 Å². The summed E-state index contributed by atoms with van der Waals surface area (Å²) in [5.74, 6) is 0.0639. The molecule has 1 aromatic heterocycles. The molecule has 1 aliphatic carbocycles. The Hall–Kier alpha value is -3.79. The van der Waals surface area contributed by atoms with E-state index in [1.807, 2.05) is 59.2 Å². The summed E-state index contributed by atoms with van der Waals surface area (Å²) in [6, 6.07) is 30.6. The predicted octanol–water partition coefficient (Wildman–Crippen LogP) is 5.52. The third kappa shape index (κ3) is 3.82. The number of carbonyl (C=O) groups excluding carboxylic acids is 2. The molecule has 0 radical (unpaired) electrons. The molecule has 4 heteroatoms. The van der Waals surface area contributed by atoms with E-state index >= 15 is 0 Å². The fourth-order valence-electron chi connectivity index (χ4n) is 4.89. The first-order valence-corrected chi connectivity index (χ1v) is 11.4. The van der Waals surface area contributed by atoms with Crippen molar-refractivity contribution in [1.29, 1.82) is 0 Å². The average Bonchev–Trinajstić information content (AvgIpc) is 3.61. The summed E-state index contributed by atoms with van der Waals surface area (Å²) in [5.41, 5.74) is 2.82. The van der Waals surface area contributed by atoms with Gasteiger partial charge in [0, 0.05) is 12.3 Å². The van der Waals surface area contributed by atoms with Gasteiger partial charge in [-0.05, 0) is 35.4 Å². The van der Waals surface area contributed by atoms with Crippen LogP contribution < -0.4 is 0 Å². The summed E-state index contributed by atoms with van der Waals surface area (Å²) in [6.45, 7) is 0. The molecule has 164 valence electrons. The van der Waals surface area contributed by atoms with Crippen LogP contribution in [0, 0.1) is 11.8 Å². The van der Waals surface area contributed by atoms with Crippen molar-refractivity contribution < 1.29 is 9.59 Å². The quantitative estimate of drug-likeness (QED) is 0.198. The Bertz CT molecular complexity index is 1130. The van der Waals surface area contributed by atoms with Gasteiger partial charge in [0.1, 0.15) is 17.5 Å². The van der Waals surface area contributed by atoms with Gasteiger partial charge in [-0.25, -0.2) is 4.98 Å². The molecule has 1 atom stereocenters. The number of imidazole rings is 1. The Morgan fingerprint density at radius 1 is 0.879 bits per heavy atom. The van der Waals surface area contributed by atoms with Crippen LogP contribution >= 0.6 is 0 Å². The summed E-state index contributed by atoms with van der Waals surface area (Å²) in [5, 5.41) is 0. The molecule has 0 N–H and O–H groups in total. The Morgan fingerprint density at radius 2 is 1.36 bits per heavy atom. The highest BCUT2D eigenvalue weighted by molar-refractivity contribution is 5.96. The number of ketones is 1. The molecule has 3 aromatic carbocycles. The zero-order valence-corrected chi connectivity index (χ0v) is 18.4. The summed E-state index contributed by atoms with van der Waals surface area (Å²) in [4.78, 5) is 29.6. The third-order valence-corrected chi connectivity index (χ3v) is 6.68. The van der Waals surface area contributed by atoms with Crippen LogP contribution in [0.15, 0.2) is 104 Å². The number of hydrogen-bond acceptors (Lipinski definition) is 3. The Kier molecular flexibility index (Phi) is 5.74. The number of nitrogens with zero attached hydrogens (tertiary/aromatic N) is 2. The molecule has 0 aliphatic heterocycles. The molecule has 5 rings (SSSR count). The van der Waals surface area contributed by atoms with E-state index in [1.54, 1.807) is 12.5 Å². The van der Waals surface area contributed by atoms with E-state index in [1.165, 1.54) is 0 Å². The number of hydrogen-bond donors (Lipinski definition) is 0. The molecule has 0 saturated heterocycles. The van der Waals surface area contributed by atoms with Gasteiger partial charge in [-0.1, -0.05) is 91.0 Å². The van der Waals surface area contributed by atoms with E-state index < -0.39 is 5.54 Å². The first kappa shape index (κ1) is 21.1. The molecule has 1 saturated carbocycles. The number of aromatic nitrogens is 2. The first-order valence-electron chi connectivity index (χ1n) is 11.4. The van der Waals surface area contributed by atoms with Gasteiger partial charge in [-0.15, -0.1) is 0 Å². The molecule has 1 fully saturated rings. The van der Waals surface area contributed by atoms with Gasteiger partial charge in [-0.3, -0.25) is 4.79 Å². The van der Waals surface area contributed by atoms with Crippen LogP contribution in [0.3, 0.4) is 0 Å². The lowest BCUT2D eigenvalue weighted by atomic mass is 9.76. The zero-order valence-electron chi connectivity index (χ0n) is 18.4. The van der Waals surface area contributed by atoms with Gasteiger partial charge in [0.25, 0.3) is 0 Å². The number of aldehydes is 1. The van der Waals surface area contributed by atoms with E-state index in [0.29, 0.717) is 11.6 Å². The molecule has 1 heterocycles. The highest BCUT2D eigenvalue weighted by Crippen LogP contribution is 2.42. The molecular formula is C29H26N2O2. The number of carbonyl (C=O) groups is 2. The lowest BCUT2D eigenvalue weighted by molar-refractivity contribution is -0.111. The second-order valence-corrected chi connectivity index (χ2v) is 8.72. The van der Waals surface area contributed by atoms with Crippen LogP contribution in [0.25, 0.3) is 0 Å². The number of rotatable bonds is 9. The van der Waals surface area contributed by atoms with Crippen molar-refractivity contribution in [2.75, 3.05) is 0 Å². The van der Waals surface area contributed by atoms with Gasteiger partial charge < -0.3 is 9.36 Å². The average molecular weight is 435 g/mol. The van der Waals surface area contributed by atoms with E-state index in [4.69, 9.17) is 0 Å². The van der Waals surface area contributed by atoms with Crippen LogP contribution in [-0.2, 0) is 10.3 Å². The molecule has 1 aliphatic rings. The second kappa shape index (κ2) is 8.99. The van der Waals surface area contributed by atoms with Crippen molar-refractivity contribution in [3.8, 4) is 0 Å². The summed E-state index contributed by atoms with van der Waals surface area (Å²) in [6.07, 6.45) is 6.60. The van der Waals surface area contributed by atoms with E-state index in [9.17, 15) is 9.59 Å². The minimum Gasteiger partial charge on any atom is -0.309 e. The highest BCUT2D eigenvalue weighted by atomic mass is 16.1. The fourth-order valence-corrected chi connectivity index (χ4v) is 4.89. The molecule has 0 unspecified atom stereocenters. The molecule has 0 amide bonds. The minimum absolute atomic E-state index is 0.0522. The fraction of sp³-hybridized carbons (Fsp3) is 0.207. The normalized spacial score (nSPS) is 14.5. The Morgan fingerprint density at radius 3 is 1.79 bits per heavy atom. The zero-order chi connectivity index (χ0) is 22.7. The lowest BCUT2D eigenvalue weighted by Gasteiger charge is -2.38. The summed E-state index contributed by atoms with van der Waals surface area (Å²) in [7, 11) is 0. The van der Waals surface area contributed by atoms with Crippen molar-refractivity contribution in [2.45, 2.75) is 24.8 Å². The predicted molar refractivity (Wildman–Crippen MR) is 128 cm³/mol. The van der Waals surface area contributed by atoms with Gasteiger partial charge >= 0.3 is 0 Å². The van der Waals surface area contributed by atoms with Crippen LogP contribution in [0.5, 0.6) is 0 Å². The van der Waals surface area contributed by atoms with Crippen molar-refractivity contribution in [1.82, 2.24) is 9.55 Å². The second-order valence-electron chi connectivity index (χ2n) is 8.72. The monoisotopic (exact) mass is 434 g/mol. The number of benzene rings is 3. The highest BCUT2D eigenvalue weighted by Gasteiger charge is 2.41. The van der Waals surface area contributed by atoms with Crippen LogP contribution in [-0.4, -0.2) is 21.6 Å². The van der Waals surface area contributed by atoms with Gasteiger partial charge in [0.05, 0.1) is 12.5 Å². The maximum absolute atomic E-state index is 13.5. The topological polar surface area (TPSA) is 52.0 Å². The molecule has 4 nitrogen and oxygen atoms in total. The maximum atomic E-state index is 13.5. The van der Waals surface area contributed by atoms with Crippen LogP contribution in [0.4, 0.5) is 0 Å². The molecular weight excluding hydrogens is 408 g/mol. The Labute approximate surface area is 193 Å². The molecule has 33 heavy (non-hydrogen) atoms. The van der Waals surface area contributed by atoms with Crippen molar-refractivity contribution in [2.24, 2.45) is 11.8 Å². The van der Waals surface area contributed by atoms with Gasteiger partial charge in [0.15, 0.2) is 5.78 Å². The third-order valence-electron chi connectivity index (χ3n) is 6.68. The van der Waals surface area contributed by atoms with Gasteiger partial charge in [0.2, 0.25) is 0 Å². The largest absolute Gasteiger partial charge is 0.309 e. The summed E-state index contributed by atoms with van der Waals surface area (Å²) >= 11 is 0. The van der Waals surface area contributed by atoms with E-state index in [0.717, 1.165) is 35.8 Å². The lowest BCUT2D eigenvalue weighted by Crippen LogP contribution is -2.39. The SMILES string of the molecule is O=C[C@@H](CC(=O)c1cncn1C(c1ccccc1)(c1ccccc1)c1ccccc1)C1CC1. The summed E-state index contributed by atoms with van der Waals surface area (Å²) < 4.78 is 1.99. The van der Waals surface area contributed by atoms with E-state index in [-0.39, 0.29) is 18.1 Å². The molecule has 4 aromatic rings. The van der Waals surface area contributed by atoms with Crippen molar-refractivity contribution in [3.63, 3.8) is 0 Å². The van der Waals surface area contributed by atoms with E-state index in [2.05, 4.69) is 41.4 Å². The molecule has 0 bridgehead atoms.